The zero-order valence-corrected chi connectivity index (χ0v) is 16.3. The minimum atomic E-state index is -0.222. The molecule has 2 aromatic rings. The van der Waals surface area contributed by atoms with E-state index in [1.165, 1.54) is 18.4 Å². The van der Waals surface area contributed by atoms with E-state index in [1.54, 1.807) is 29.2 Å². The number of benzene rings is 1. The Kier molecular flexibility index (Phi) is 7.46. The number of ether oxygens (including phenoxy) is 1. The van der Waals surface area contributed by atoms with Gasteiger partial charge in [0.25, 0.3) is 0 Å². The predicted octanol–water partition coefficient (Wildman–Crippen LogP) is 5.00. The number of hydrogen-bond acceptors (Lipinski definition) is 5. The van der Waals surface area contributed by atoms with Gasteiger partial charge in [0.05, 0.1) is 10.9 Å². The van der Waals surface area contributed by atoms with Crippen molar-refractivity contribution >= 4 is 49.8 Å². The lowest BCUT2D eigenvalue weighted by atomic mass is 10.1. The maximum atomic E-state index is 12.8. The van der Waals surface area contributed by atoms with Crippen LogP contribution in [-0.2, 0) is 14.3 Å². The molecule has 25 heavy (non-hydrogen) atoms. The van der Waals surface area contributed by atoms with Crippen molar-refractivity contribution < 1.29 is 19.4 Å². The number of rotatable bonds is 8. The molecule has 0 radical (unpaired) electrons. The minimum absolute atomic E-state index is 0.0156. The predicted molar refractivity (Wildman–Crippen MR) is 102 cm³/mol. The van der Waals surface area contributed by atoms with Crippen molar-refractivity contribution in [2.75, 3.05) is 12.0 Å². The van der Waals surface area contributed by atoms with E-state index < -0.39 is 0 Å². The van der Waals surface area contributed by atoms with Crippen molar-refractivity contribution in [1.29, 1.82) is 0 Å². The normalized spacial score (nSPS) is 10.5. The Morgan fingerprint density at radius 1 is 1.08 bits per heavy atom. The van der Waals surface area contributed by atoms with E-state index in [0.717, 1.165) is 15.2 Å². The van der Waals surface area contributed by atoms with Crippen LogP contribution in [0.4, 0.5) is 10.7 Å². The number of carbonyl (C=O) groups is 2. The number of phenols is 1. The second kappa shape index (κ2) is 9.58. The fourth-order valence-corrected chi connectivity index (χ4v) is 3.76. The molecule has 7 heteroatoms. The molecule has 1 heterocycles. The first-order valence-electron chi connectivity index (χ1n) is 7.95. The van der Waals surface area contributed by atoms with Crippen LogP contribution in [0.5, 0.6) is 5.75 Å². The van der Waals surface area contributed by atoms with Gasteiger partial charge >= 0.3 is 5.97 Å². The number of esters is 1. The SMILES string of the molecule is COC(=O)CCCCCC(=O)N(c1ccc(O)cc1)c1ccc(Br)s1. The Hall–Kier alpha value is -1.86. The molecule has 0 saturated carbocycles. The number of anilines is 2. The number of amides is 1. The first-order valence-corrected chi connectivity index (χ1v) is 9.56. The van der Waals surface area contributed by atoms with Crippen molar-refractivity contribution in [1.82, 2.24) is 0 Å². The zero-order valence-electron chi connectivity index (χ0n) is 13.9. The maximum absolute atomic E-state index is 12.8. The van der Waals surface area contributed by atoms with E-state index in [9.17, 15) is 14.7 Å². The van der Waals surface area contributed by atoms with E-state index in [4.69, 9.17) is 0 Å². The van der Waals surface area contributed by atoms with Gasteiger partial charge in [-0.15, -0.1) is 11.3 Å². The molecule has 0 unspecified atom stereocenters. The van der Waals surface area contributed by atoms with E-state index in [2.05, 4.69) is 20.7 Å². The Balaban J connectivity index is 2.01. The second-order valence-corrected chi connectivity index (χ2v) is 7.90. The van der Waals surface area contributed by atoms with Crippen LogP contribution in [0.3, 0.4) is 0 Å². The quantitative estimate of drug-likeness (QED) is 0.476. The number of unbranched alkanes of at least 4 members (excludes halogenated alkanes) is 2. The third-order valence-corrected chi connectivity index (χ3v) is 5.24. The van der Waals surface area contributed by atoms with Crippen LogP contribution in [0.1, 0.15) is 32.1 Å². The first-order chi connectivity index (χ1) is 12.0. The summed E-state index contributed by atoms with van der Waals surface area (Å²) in [6, 6.07) is 10.4. The third kappa shape index (κ3) is 5.86. The zero-order chi connectivity index (χ0) is 18.2. The highest BCUT2D eigenvalue weighted by Crippen LogP contribution is 2.35. The van der Waals surface area contributed by atoms with Crippen LogP contribution in [0.15, 0.2) is 40.2 Å². The lowest BCUT2D eigenvalue weighted by Gasteiger charge is -2.21. The summed E-state index contributed by atoms with van der Waals surface area (Å²) in [4.78, 5) is 25.5. The van der Waals surface area contributed by atoms with Gasteiger partial charge in [-0.25, -0.2) is 0 Å². The molecule has 1 aromatic heterocycles. The molecule has 2 rings (SSSR count). The molecular weight excluding hydrogens is 406 g/mol. The molecule has 0 fully saturated rings. The lowest BCUT2D eigenvalue weighted by molar-refractivity contribution is -0.140. The number of carbonyl (C=O) groups excluding carboxylic acids is 2. The number of nitrogens with zero attached hydrogens (tertiary/aromatic N) is 1. The van der Waals surface area contributed by atoms with E-state index in [0.29, 0.717) is 31.4 Å². The largest absolute Gasteiger partial charge is 0.508 e. The maximum Gasteiger partial charge on any atom is 0.305 e. The molecule has 1 amide bonds. The van der Waals surface area contributed by atoms with Crippen molar-refractivity contribution in [2.24, 2.45) is 0 Å². The molecular formula is C18H20BrNO4S. The molecule has 0 atom stereocenters. The van der Waals surface area contributed by atoms with Crippen molar-refractivity contribution in [3.63, 3.8) is 0 Å². The average molecular weight is 426 g/mol. The minimum Gasteiger partial charge on any atom is -0.508 e. The highest BCUT2D eigenvalue weighted by Gasteiger charge is 2.19. The Morgan fingerprint density at radius 3 is 2.36 bits per heavy atom. The van der Waals surface area contributed by atoms with Crippen molar-refractivity contribution in [3.8, 4) is 5.75 Å². The van der Waals surface area contributed by atoms with Gasteiger partial charge in [-0.3, -0.25) is 14.5 Å². The molecule has 0 aliphatic heterocycles. The smallest absolute Gasteiger partial charge is 0.305 e. The van der Waals surface area contributed by atoms with Gasteiger partial charge in [-0.1, -0.05) is 6.42 Å². The fourth-order valence-electron chi connectivity index (χ4n) is 2.36. The number of aromatic hydroxyl groups is 1. The molecule has 0 bridgehead atoms. The molecule has 1 aromatic carbocycles. The Labute approximate surface area is 159 Å². The van der Waals surface area contributed by atoms with Crippen LogP contribution in [0.25, 0.3) is 0 Å². The molecule has 134 valence electrons. The molecule has 0 aliphatic carbocycles. The lowest BCUT2D eigenvalue weighted by Crippen LogP contribution is -2.24. The topological polar surface area (TPSA) is 66.8 Å². The summed E-state index contributed by atoms with van der Waals surface area (Å²) in [5.41, 5.74) is 0.715. The van der Waals surface area contributed by atoms with Crippen LogP contribution in [0.2, 0.25) is 0 Å². The highest BCUT2D eigenvalue weighted by atomic mass is 79.9. The number of hydrogen-bond donors (Lipinski definition) is 1. The van der Waals surface area contributed by atoms with Crippen molar-refractivity contribution in [3.05, 3.63) is 40.2 Å². The Bertz CT molecular complexity index is 714. The Morgan fingerprint density at radius 2 is 1.76 bits per heavy atom. The van der Waals surface area contributed by atoms with Gasteiger partial charge in [0, 0.05) is 18.5 Å². The number of phenolic OH excluding ortho intramolecular Hbond substituents is 1. The van der Waals surface area contributed by atoms with Crippen LogP contribution < -0.4 is 4.90 Å². The molecule has 0 saturated heterocycles. The van der Waals surface area contributed by atoms with Gasteiger partial charge in [0.1, 0.15) is 10.8 Å². The summed E-state index contributed by atoms with van der Waals surface area (Å²) >= 11 is 4.90. The van der Waals surface area contributed by atoms with Gasteiger partial charge in [0.2, 0.25) is 5.91 Å². The fraction of sp³-hybridized carbons (Fsp3) is 0.333. The molecule has 5 nitrogen and oxygen atoms in total. The highest BCUT2D eigenvalue weighted by molar-refractivity contribution is 9.11. The standard InChI is InChI=1S/C18H20BrNO4S/c1-24-18(23)6-4-2-3-5-16(22)20(17-12-11-15(19)25-17)13-7-9-14(21)10-8-13/h7-12,21H,2-6H2,1H3. The molecule has 0 aliphatic rings. The van der Waals surface area contributed by atoms with Gasteiger partial charge in [0.15, 0.2) is 0 Å². The second-order valence-electron chi connectivity index (χ2n) is 5.46. The van der Waals surface area contributed by atoms with Gasteiger partial charge < -0.3 is 9.84 Å². The van der Waals surface area contributed by atoms with Gasteiger partial charge in [-0.2, -0.15) is 0 Å². The number of halogens is 1. The summed E-state index contributed by atoms with van der Waals surface area (Å²) in [6.45, 7) is 0. The van der Waals surface area contributed by atoms with Crippen LogP contribution in [0, 0.1) is 0 Å². The number of thiophene rings is 1. The summed E-state index contributed by atoms with van der Waals surface area (Å²) in [5, 5.41) is 10.3. The van der Waals surface area contributed by atoms with E-state index in [-0.39, 0.29) is 17.6 Å². The first kappa shape index (κ1) is 19.5. The van der Waals surface area contributed by atoms with Crippen LogP contribution in [-0.4, -0.2) is 24.1 Å². The average Bonchev–Trinajstić information content (AvgIpc) is 3.02. The summed E-state index contributed by atoms with van der Waals surface area (Å²) in [5.74, 6) is -0.0788. The molecule has 0 spiro atoms. The van der Waals surface area contributed by atoms with Crippen molar-refractivity contribution in [2.45, 2.75) is 32.1 Å². The summed E-state index contributed by atoms with van der Waals surface area (Å²) < 4.78 is 5.55. The number of methoxy groups -OCH3 is 1. The summed E-state index contributed by atoms with van der Waals surface area (Å²) in [6.07, 6.45) is 2.97. The van der Waals surface area contributed by atoms with E-state index >= 15 is 0 Å². The summed E-state index contributed by atoms with van der Waals surface area (Å²) in [7, 11) is 1.38. The monoisotopic (exact) mass is 425 g/mol. The van der Waals surface area contributed by atoms with Gasteiger partial charge in [-0.05, 0) is 65.2 Å². The van der Waals surface area contributed by atoms with E-state index in [1.807, 2.05) is 12.1 Å². The third-order valence-electron chi connectivity index (χ3n) is 3.64. The van der Waals surface area contributed by atoms with Crippen LogP contribution >= 0.6 is 27.3 Å². The molecule has 1 N–H and O–H groups in total.